The van der Waals surface area contributed by atoms with Gasteiger partial charge in [-0.2, -0.15) is 0 Å². The smallest absolute Gasteiger partial charge is 0.255 e. The van der Waals surface area contributed by atoms with Gasteiger partial charge in [-0.15, -0.1) is 0 Å². The van der Waals surface area contributed by atoms with Crippen LogP contribution in [0.25, 0.3) is 11.3 Å². The van der Waals surface area contributed by atoms with Crippen LogP contribution in [0.5, 0.6) is 11.5 Å². The number of aromatic amines is 1. The Morgan fingerprint density at radius 2 is 2.12 bits per heavy atom. The quantitative estimate of drug-likeness (QED) is 0.472. The van der Waals surface area contributed by atoms with E-state index in [0.717, 1.165) is 0 Å². The predicted octanol–water partition coefficient (Wildman–Crippen LogP) is 3.08. The number of fused-ring (bicyclic) bond motifs is 3. The fourth-order valence-electron chi connectivity index (χ4n) is 4.40. The second-order valence-electron chi connectivity index (χ2n) is 8.14. The van der Waals surface area contributed by atoms with Crippen molar-refractivity contribution in [3.8, 4) is 22.8 Å². The summed E-state index contributed by atoms with van der Waals surface area (Å²) in [6.45, 7) is 1.19. The van der Waals surface area contributed by atoms with Crippen LogP contribution in [0.4, 0.5) is 15.8 Å². The number of amides is 2. The molecular formula is C24H24FN5O4. The number of ether oxygens (including phenoxy) is 2. The Balaban J connectivity index is 1.72. The standard InChI is InChI=1S/C24H24FN5O4/c1-33-23-15(25)4-2-5-16(23)29-22-19-20-13(11-28-24(19)32)10-18(31)27-7-3-9-34-17-12-26-8-6-14(17)21(22)30-20/h2,4-6,8,12-13,29-30H,3,7,9-11H2,1H3,(H,27,31)(H,28,32). The molecule has 0 saturated heterocycles. The highest BCUT2D eigenvalue weighted by Gasteiger charge is 2.35. The van der Waals surface area contributed by atoms with E-state index in [-0.39, 0.29) is 29.9 Å². The van der Waals surface area contributed by atoms with Crippen molar-refractivity contribution >= 4 is 23.2 Å². The molecule has 1 atom stereocenters. The molecule has 0 aliphatic carbocycles. The minimum atomic E-state index is -0.535. The lowest BCUT2D eigenvalue weighted by molar-refractivity contribution is -0.121. The first-order chi connectivity index (χ1) is 16.6. The van der Waals surface area contributed by atoms with Crippen LogP contribution in [0.1, 0.15) is 34.8 Å². The van der Waals surface area contributed by atoms with Gasteiger partial charge >= 0.3 is 0 Å². The molecule has 3 aromatic rings. The summed E-state index contributed by atoms with van der Waals surface area (Å²) < 4.78 is 25.6. The third-order valence-electron chi connectivity index (χ3n) is 5.99. The molecule has 0 radical (unpaired) electrons. The van der Waals surface area contributed by atoms with Crippen LogP contribution in [0.15, 0.2) is 36.7 Å². The number of rotatable bonds is 3. The Hall–Kier alpha value is -4.08. The summed E-state index contributed by atoms with van der Waals surface area (Å²) in [5, 5.41) is 8.99. The van der Waals surface area contributed by atoms with E-state index in [1.807, 2.05) is 0 Å². The first-order valence-electron chi connectivity index (χ1n) is 11.0. The molecule has 4 N–H and O–H groups in total. The molecular weight excluding hydrogens is 441 g/mol. The van der Waals surface area contributed by atoms with Gasteiger partial charge in [-0.1, -0.05) is 6.07 Å². The molecule has 176 valence electrons. The number of anilines is 2. The molecule has 0 spiro atoms. The van der Waals surface area contributed by atoms with Gasteiger partial charge < -0.3 is 30.4 Å². The molecule has 5 rings (SSSR count). The number of pyridine rings is 1. The van der Waals surface area contributed by atoms with E-state index in [4.69, 9.17) is 9.47 Å². The number of para-hydroxylation sites is 1. The zero-order chi connectivity index (χ0) is 23.7. The highest BCUT2D eigenvalue weighted by molar-refractivity contribution is 6.07. The Morgan fingerprint density at radius 3 is 2.97 bits per heavy atom. The lowest BCUT2D eigenvalue weighted by atomic mass is 9.93. The predicted molar refractivity (Wildman–Crippen MR) is 123 cm³/mol. The van der Waals surface area contributed by atoms with Crippen molar-refractivity contribution in [2.45, 2.75) is 18.8 Å². The van der Waals surface area contributed by atoms with Crippen molar-refractivity contribution in [2.24, 2.45) is 0 Å². The van der Waals surface area contributed by atoms with Gasteiger partial charge in [0.25, 0.3) is 5.91 Å². The number of halogens is 1. The SMILES string of the molecule is COc1c(F)cccc1Nc1c2[nH]c3c1C(=O)NCC3CC(=O)NCCCOc1cnccc1-2. The van der Waals surface area contributed by atoms with Crippen molar-refractivity contribution in [3.05, 3.63) is 53.7 Å². The first kappa shape index (κ1) is 21.7. The Kier molecular flexibility index (Phi) is 5.79. The highest BCUT2D eigenvalue weighted by Crippen LogP contribution is 2.44. The maximum Gasteiger partial charge on any atom is 0.255 e. The van der Waals surface area contributed by atoms with Crippen molar-refractivity contribution in [1.82, 2.24) is 20.6 Å². The number of hydrogen-bond acceptors (Lipinski definition) is 6. The molecule has 2 bridgehead atoms. The largest absolute Gasteiger partial charge is 0.492 e. The van der Waals surface area contributed by atoms with Gasteiger partial charge in [0.1, 0.15) is 5.75 Å². The van der Waals surface area contributed by atoms with E-state index in [2.05, 4.69) is 25.9 Å². The Labute approximate surface area is 195 Å². The summed E-state index contributed by atoms with van der Waals surface area (Å²) in [7, 11) is 1.38. The van der Waals surface area contributed by atoms with Crippen LogP contribution in [0, 0.1) is 5.82 Å². The number of nitrogens with one attached hydrogen (secondary N) is 4. The number of carbonyl (C=O) groups excluding carboxylic acids is 2. The van der Waals surface area contributed by atoms with Gasteiger partial charge in [-0.05, 0) is 24.6 Å². The molecule has 0 saturated carbocycles. The topological polar surface area (TPSA) is 117 Å². The van der Waals surface area contributed by atoms with Crippen LogP contribution in [-0.4, -0.2) is 48.6 Å². The van der Waals surface area contributed by atoms with Gasteiger partial charge in [-0.25, -0.2) is 4.39 Å². The fraction of sp³-hybridized carbons (Fsp3) is 0.292. The average molecular weight is 465 g/mol. The van der Waals surface area contributed by atoms with Gasteiger partial charge in [0.2, 0.25) is 5.91 Å². The number of aromatic nitrogens is 2. The second kappa shape index (κ2) is 9.05. The number of H-pyrrole nitrogens is 1. The number of carbonyl (C=O) groups is 2. The van der Waals surface area contributed by atoms with Crippen LogP contribution >= 0.6 is 0 Å². The third-order valence-corrected chi connectivity index (χ3v) is 5.99. The molecule has 1 aromatic carbocycles. The molecule has 9 nitrogen and oxygen atoms in total. The summed E-state index contributed by atoms with van der Waals surface area (Å²) in [5.74, 6) is -0.649. The Morgan fingerprint density at radius 1 is 1.24 bits per heavy atom. The fourth-order valence-corrected chi connectivity index (χ4v) is 4.40. The molecule has 4 heterocycles. The molecule has 2 aliphatic rings. The average Bonchev–Trinajstić information content (AvgIpc) is 3.21. The summed E-state index contributed by atoms with van der Waals surface area (Å²) in [6, 6.07) is 6.31. The van der Waals surface area contributed by atoms with Crippen molar-refractivity contribution in [3.63, 3.8) is 0 Å². The van der Waals surface area contributed by atoms with E-state index in [1.165, 1.54) is 13.2 Å². The van der Waals surface area contributed by atoms with Gasteiger partial charge in [0.05, 0.1) is 42.5 Å². The van der Waals surface area contributed by atoms with E-state index in [9.17, 15) is 14.0 Å². The lowest BCUT2D eigenvalue weighted by Crippen LogP contribution is -2.37. The van der Waals surface area contributed by atoms with Crippen LogP contribution in [-0.2, 0) is 4.79 Å². The van der Waals surface area contributed by atoms with Crippen LogP contribution < -0.4 is 25.4 Å². The van der Waals surface area contributed by atoms with E-state index >= 15 is 0 Å². The Bertz CT molecular complexity index is 1260. The van der Waals surface area contributed by atoms with E-state index in [1.54, 1.807) is 30.6 Å². The second-order valence-corrected chi connectivity index (χ2v) is 8.14. The van der Waals surface area contributed by atoms with E-state index < -0.39 is 5.82 Å². The minimum Gasteiger partial charge on any atom is -0.492 e. The van der Waals surface area contributed by atoms with Crippen LogP contribution in [0.3, 0.4) is 0 Å². The number of methoxy groups -OCH3 is 1. The third kappa shape index (κ3) is 3.91. The number of benzene rings is 1. The monoisotopic (exact) mass is 465 g/mol. The molecule has 2 aliphatic heterocycles. The van der Waals surface area contributed by atoms with Gasteiger partial charge in [0.15, 0.2) is 11.6 Å². The molecule has 10 heteroatoms. The highest BCUT2D eigenvalue weighted by atomic mass is 19.1. The van der Waals surface area contributed by atoms with Crippen molar-refractivity contribution < 1.29 is 23.5 Å². The van der Waals surface area contributed by atoms with Crippen LogP contribution in [0.2, 0.25) is 0 Å². The lowest BCUT2D eigenvalue weighted by Gasteiger charge is -2.23. The zero-order valence-electron chi connectivity index (χ0n) is 18.5. The molecule has 1 unspecified atom stereocenters. The molecule has 2 aromatic heterocycles. The van der Waals surface area contributed by atoms with Crippen molar-refractivity contribution in [2.75, 3.05) is 32.1 Å². The van der Waals surface area contributed by atoms with Gasteiger partial charge in [-0.3, -0.25) is 14.6 Å². The van der Waals surface area contributed by atoms with E-state index in [0.29, 0.717) is 65.8 Å². The van der Waals surface area contributed by atoms with Crippen molar-refractivity contribution in [1.29, 1.82) is 0 Å². The zero-order valence-corrected chi connectivity index (χ0v) is 18.5. The normalized spacial score (nSPS) is 17.6. The summed E-state index contributed by atoms with van der Waals surface area (Å²) in [6.07, 6.45) is 4.08. The molecule has 34 heavy (non-hydrogen) atoms. The summed E-state index contributed by atoms with van der Waals surface area (Å²) >= 11 is 0. The maximum absolute atomic E-state index is 14.4. The number of nitrogens with zero attached hydrogens (tertiary/aromatic N) is 1. The molecule has 0 fully saturated rings. The minimum absolute atomic E-state index is 0.0242. The summed E-state index contributed by atoms with van der Waals surface area (Å²) in [4.78, 5) is 33.2. The first-order valence-corrected chi connectivity index (χ1v) is 11.0. The number of hydrogen-bond donors (Lipinski definition) is 4. The summed E-state index contributed by atoms with van der Waals surface area (Å²) in [5.41, 5.74) is 3.06. The molecule has 2 amide bonds. The maximum atomic E-state index is 14.4. The van der Waals surface area contributed by atoms with Gasteiger partial charge in [0, 0.05) is 42.9 Å².